The number of rotatable bonds is 5. The van der Waals surface area contributed by atoms with Crippen molar-refractivity contribution in [2.24, 2.45) is 5.14 Å². The monoisotopic (exact) mass is 352 g/mol. The summed E-state index contributed by atoms with van der Waals surface area (Å²) < 4.78 is 38.8. The van der Waals surface area contributed by atoms with Gasteiger partial charge in [0, 0.05) is 0 Å². The maximum Gasteiger partial charge on any atom is 0.337 e. The zero-order valence-electron chi connectivity index (χ0n) is 13.0. The maximum atomic E-state index is 11.8. The number of primary sulfonamides is 1. The number of esters is 1. The third-order valence-corrected chi connectivity index (χ3v) is 4.01. The molecule has 0 radical (unpaired) electrons. The molecule has 8 nitrogen and oxygen atoms in total. The Bertz CT molecular complexity index is 862. The molecule has 2 aromatic rings. The predicted octanol–water partition coefficient (Wildman–Crippen LogP) is 1.50. The molecule has 0 amide bonds. The maximum absolute atomic E-state index is 11.8. The van der Waals surface area contributed by atoms with Gasteiger partial charge in [-0.3, -0.25) is 0 Å². The molecule has 4 N–H and O–H groups in total. The highest BCUT2D eigenvalue weighted by atomic mass is 32.2. The first kappa shape index (κ1) is 17.6. The van der Waals surface area contributed by atoms with E-state index in [1.807, 2.05) is 0 Å². The van der Waals surface area contributed by atoms with Crippen LogP contribution in [0.25, 0.3) is 0 Å². The Kier molecular flexibility index (Phi) is 4.96. The first-order chi connectivity index (χ1) is 11.3. The van der Waals surface area contributed by atoms with Crippen molar-refractivity contribution < 1.29 is 27.4 Å². The van der Waals surface area contributed by atoms with Crippen molar-refractivity contribution in [1.29, 1.82) is 0 Å². The van der Waals surface area contributed by atoms with Gasteiger partial charge < -0.3 is 19.9 Å². The number of anilines is 1. The number of methoxy groups -OCH3 is 2. The molecule has 2 aromatic carbocycles. The zero-order valence-corrected chi connectivity index (χ0v) is 13.8. The van der Waals surface area contributed by atoms with Crippen LogP contribution in [0, 0.1) is 0 Å². The Morgan fingerprint density at radius 1 is 1.04 bits per heavy atom. The molecule has 0 bridgehead atoms. The van der Waals surface area contributed by atoms with Gasteiger partial charge in [0.05, 0.1) is 25.5 Å². The molecular weight excluding hydrogens is 336 g/mol. The van der Waals surface area contributed by atoms with E-state index in [2.05, 4.69) is 4.74 Å². The van der Waals surface area contributed by atoms with Gasteiger partial charge in [-0.1, -0.05) is 0 Å². The van der Waals surface area contributed by atoms with Crippen molar-refractivity contribution in [3.05, 3.63) is 42.0 Å². The van der Waals surface area contributed by atoms with E-state index in [1.165, 1.54) is 13.2 Å². The molecule has 128 valence electrons. The molecular formula is C15H16N2O6S. The summed E-state index contributed by atoms with van der Waals surface area (Å²) in [5.41, 5.74) is 5.71. The highest BCUT2D eigenvalue weighted by Crippen LogP contribution is 2.35. The minimum absolute atomic E-state index is 0.0545. The van der Waals surface area contributed by atoms with Gasteiger partial charge in [0.15, 0.2) is 5.75 Å². The van der Waals surface area contributed by atoms with Crippen molar-refractivity contribution in [2.75, 3.05) is 20.0 Å². The topological polar surface area (TPSA) is 131 Å². The number of carbonyl (C=O) groups excluding carboxylic acids is 1. The highest BCUT2D eigenvalue weighted by Gasteiger charge is 2.22. The van der Waals surface area contributed by atoms with E-state index in [0.29, 0.717) is 11.5 Å². The number of hydrogen-bond donors (Lipinski definition) is 2. The molecule has 0 saturated heterocycles. The Morgan fingerprint density at radius 2 is 1.62 bits per heavy atom. The molecule has 24 heavy (non-hydrogen) atoms. The SMILES string of the molecule is COC(=O)c1cc(N)c(Oc2ccc(OC)cc2)c(S(N)(=O)=O)c1. The average Bonchev–Trinajstić information content (AvgIpc) is 2.55. The van der Waals surface area contributed by atoms with Crippen LogP contribution in [0.15, 0.2) is 41.3 Å². The molecule has 0 aliphatic rings. The molecule has 0 aliphatic carbocycles. The van der Waals surface area contributed by atoms with E-state index in [9.17, 15) is 13.2 Å². The Hall–Kier alpha value is -2.78. The first-order valence-corrected chi connectivity index (χ1v) is 8.17. The number of sulfonamides is 1. The van der Waals surface area contributed by atoms with Crippen LogP contribution >= 0.6 is 0 Å². The fraction of sp³-hybridized carbons (Fsp3) is 0.133. The number of benzene rings is 2. The van der Waals surface area contributed by atoms with Gasteiger partial charge in [0.1, 0.15) is 16.4 Å². The molecule has 0 atom stereocenters. The van der Waals surface area contributed by atoms with Gasteiger partial charge in [-0.05, 0) is 36.4 Å². The third-order valence-electron chi connectivity index (χ3n) is 3.09. The van der Waals surface area contributed by atoms with Gasteiger partial charge in [-0.2, -0.15) is 0 Å². The van der Waals surface area contributed by atoms with Gasteiger partial charge in [-0.15, -0.1) is 0 Å². The minimum atomic E-state index is -4.19. The largest absolute Gasteiger partial charge is 0.497 e. The van der Waals surface area contributed by atoms with Crippen molar-refractivity contribution in [3.8, 4) is 17.2 Å². The summed E-state index contributed by atoms with van der Waals surface area (Å²) in [4.78, 5) is 11.2. The minimum Gasteiger partial charge on any atom is -0.497 e. The molecule has 0 unspecified atom stereocenters. The number of nitrogens with two attached hydrogens (primary N) is 2. The summed E-state index contributed by atoms with van der Waals surface area (Å²) in [5, 5.41) is 5.20. The van der Waals surface area contributed by atoms with E-state index >= 15 is 0 Å². The lowest BCUT2D eigenvalue weighted by molar-refractivity contribution is 0.0600. The number of hydrogen-bond acceptors (Lipinski definition) is 7. The molecule has 0 heterocycles. The highest BCUT2D eigenvalue weighted by molar-refractivity contribution is 7.89. The molecule has 9 heteroatoms. The van der Waals surface area contributed by atoms with Crippen LogP contribution in [-0.2, 0) is 14.8 Å². The van der Waals surface area contributed by atoms with Crippen LogP contribution < -0.4 is 20.3 Å². The number of nitrogen functional groups attached to an aromatic ring is 1. The summed E-state index contributed by atoms with van der Waals surface area (Å²) in [6, 6.07) is 8.70. The molecule has 0 fully saturated rings. The smallest absolute Gasteiger partial charge is 0.337 e. The quantitative estimate of drug-likeness (QED) is 0.616. The van der Waals surface area contributed by atoms with Gasteiger partial charge in [-0.25, -0.2) is 18.4 Å². The van der Waals surface area contributed by atoms with Gasteiger partial charge in [0.2, 0.25) is 10.0 Å². The Balaban J connectivity index is 2.53. The molecule has 0 spiro atoms. The van der Waals surface area contributed by atoms with Gasteiger partial charge in [0.25, 0.3) is 0 Å². The van der Waals surface area contributed by atoms with E-state index in [0.717, 1.165) is 13.2 Å². The van der Waals surface area contributed by atoms with E-state index in [-0.39, 0.29) is 17.0 Å². The molecule has 0 aliphatic heterocycles. The summed E-state index contributed by atoms with van der Waals surface area (Å²) >= 11 is 0. The van der Waals surface area contributed by atoms with Gasteiger partial charge >= 0.3 is 5.97 Å². The van der Waals surface area contributed by atoms with Crippen molar-refractivity contribution in [3.63, 3.8) is 0 Å². The summed E-state index contributed by atoms with van der Waals surface area (Å²) in [5.74, 6) is -0.000772. The zero-order chi connectivity index (χ0) is 17.9. The van der Waals surface area contributed by atoms with Crippen LogP contribution in [0.2, 0.25) is 0 Å². The lowest BCUT2D eigenvalue weighted by atomic mass is 10.2. The van der Waals surface area contributed by atoms with E-state index in [4.69, 9.17) is 20.3 Å². The summed E-state index contributed by atoms with van der Waals surface area (Å²) in [6.45, 7) is 0. The predicted molar refractivity (Wildman–Crippen MR) is 86.6 cm³/mol. The summed E-state index contributed by atoms with van der Waals surface area (Å²) in [6.07, 6.45) is 0. The van der Waals surface area contributed by atoms with E-state index in [1.54, 1.807) is 24.3 Å². The van der Waals surface area contributed by atoms with Crippen molar-refractivity contribution >= 4 is 21.7 Å². The van der Waals surface area contributed by atoms with Crippen LogP contribution in [0.1, 0.15) is 10.4 Å². The standard InChI is InChI=1S/C15H16N2O6S/c1-21-10-3-5-11(6-4-10)23-14-12(16)7-9(15(18)22-2)8-13(14)24(17,19)20/h3-8H,16H2,1-2H3,(H2,17,19,20). The molecule has 0 saturated carbocycles. The second-order valence-corrected chi connectivity index (χ2v) is 6.24. The van der Waals surface area contributed by atoms with Crippen LogP contribution in [-0.4, -0.2) is 28.6 Å². The lowest BCUT2D eigenvalue weighted by Gasteiger charge is -2.14. The lowest BCUT2D eigenvalue weighted by Crippen LogP contribution is -2.16. The fourth-order valence-corrected chi connectivity index (χ4v) is 2.65. The Morgan fingerprint density at radius 3 is 2.12 bits per heavy atom. The Labute approximate surface area is 139 Å². The van der Waals surface area contributed by atoms with Crippen molar-refractivity contribution in [1.82, 2.24) is 0 Å². The second-order valence-electron chi connectivity index (χ2n) is 4.71. The normalized spacial score (nSPS) is 11.0. The molecule has 2 rings (SSSR count). The number of carbonyl (C=O) groups is 1. The molecule has 0 aromatic heterocycles. The second kappa shape index (κ2) is 6.77. The van der Waals surface area contributed by atoms with Crippen LogP contribution in [0.3, 0.4) is 0 Å². The third kappa shape index (κ3) is 3.76. The average molecular weight is 352 g/mol. The summed E-state index contributed by atoms with van der Waals surface area (Å²) in [7, 11) is -1.51. The number of ether oxygens (including phenoxy) is 3. The van der Waals surface area contributed by atoms with Crippen LogP contribution in [0.5, 0.6) is 17.2 Å². The van der Waals surface area contributed by atoms with E-state index < -0.39 is 20.9 Å². The van der Waals surface area contributed by atoms with Crippen LogP contribution in [0.4, 0.5) is 5.69 Å². The first-order valence-electron chi connectivity index (χ1n) is 6.63. The van der Waals surface area contributed by atoms with Crippen molar-refractivity contribution in [2.45, 2.75) is 4.90 Å². The fourth-order valence-electron chi connectivity index (χ4n) is 1.94.